The van der Waals surface area contributed by atoms with Gasteiger partial charge in [-0.2, -0.15) is 0 Å². The molecule has 0 saturated heterocycles. The Morgan fingerprint density at radius 3 is 2.50 bits per heavy atom. The van der Waals surface area contributed by atoms with Crippen LogP contribution in [0, 0.1) is 18.6 Å². The number of aryl methyl sites for hydroxylation is 1. The minimum absolute atomic E-state index is 0.0856. The smallest absolute Gasteiger partial charge is 0.137 e. The molecule has 0 aromatic heterocycles. The van der Waals surface area contributed by atoms with Crippen molar-refractivity contribution in [1.82, 2.24) is 5.32 Å². The SMILES string of the molecule is CCNC(c1ccc(F)c(Br)c1)c1ccc(F)cc1C. The Labute approximate surface area is 126 Å². The standard InChI is InChI=1S/C16H16BrF2N/c1-3-20-16(11-4-7-15(19)14(17)9-11)13-6-5-12(18)8-10(13)2/h4-9,16,20H,3H2,1-2H3. The molecule has 0 fully saturated rings. The zero-order valence-corrected chi connectivity index (χ0v) is 13.0. The van der Waals surface area contributed by atoms with Crippen LogP contribution in [-0.4, -0.2) is 6.54 Å². The predicted octanol–water partition coefficient (Wildman–Crippen LogP) is 4.73. The lowest BCUT2D eigenvalue weighted by atomic mass is 9.95. The topological polar surface area (TPSA) is 12.0 Å². The number of hydrogen-bond acceptors (Lipinski definition) is 1. The molecule has 0 amide bonds. The Balaban J connectivity index is 2.47. The molecule has 1 nitrogen and oxygen atoms in total. The number of benzene rings is 2. The van der Waals surface area contributed by atoms with Crippen molar-refractivity contribution < 1.29 is 8.78 Å². The van der Waals surface area contributed by atoms with Gasteiger partial charge in [0, 0.05) is 0 Å². The summed E-state index contributed by atoms with van der Waals surface area (Å²) in [5.41, 5.74) is 2.80. The molecule has 0 aliphatic carbocycles. The van der Waals surface area contributed by atoms with Gasteiger partial charge in [0.25, 0.3) is 0 Å². The average Bonchev–Trinajstić information content (AvgIpc) is 2.40. The summed E-state index contributed by atoms with van der Waals surface area (Å²) < 4.78 is 27.0. The minimum Gasteiger partial charge on any atom is -0.307 e. The summed E-state index contributed by atoms with van der Waals surface area (Å²) in [6.07, 6.45) is 0. The van der Waals surface area contributed by atoms with Crippen molar-refractivity contribution in [2.45, 2.75) is 19.9 Å². The zero-order valence-electron chi connectivity index (χ0n) is 11.4. The van der Waals surface area contributed by atoms with Crippen LogP contribution in [0.4, 0.5) is 8.78 Å². The van der Waals surface area contributed by atoms with Crippen LogP contribution in [0.5, 0.6) is 0 Å². The fourth-order valence-corrected chi connectivity index (χ4v) is 2.66. The van der Waals surface area contributed by atoms with E-state index in [9.17, 15) is 8.78 Å². The summed E-state index contributed by atoms with van der Waals surface area (Å²) in [7, 11) is 0. The molecule has 4 heteroatoms. The van der Waals surface area contributed by atoms with Gasteiger partial charge in [-0.25, -0.2) is 8.78 Å². The number of nitrogens with one attached hydrogen (secondary N) is 1. The van der Waals surface area contributed by atoms with Gasteiger partial charge < -0.3 is 5.32 Å². The van der Waals surface area contributed by atoms with E-state index in [1.165, 1.54) is 18.2 Å². The first-order valence-corrected chi connectivity index (χ1v) is 7.26. The molecule has 2 aromatic carbocycles. The van der Waals surface area contributed by atoms with E-state index in [0.717, 1.165) is 23.2 Å². The Bertz CT molecular complexity index is 613. The van der Waals surface area contributed by atoms with E-state index < -0.39 is 0 Å². The monoisotopic (exact) mass is 339 g/mol. The number of halogens is 3. The lowest BCUT2D eigenvalue weighted by Gasteiger charge is -2.21. The minimum atomic E-state index is -0.292. The first kappa shape index (κ1) is 15.1. The van der Waals surface area contributed by atoms with Gasteiger partial charge in [-0.05, 0) is 70.4 Å². The van der Waals surface area contributed by atoms with Crippen LogP contribution in [0.15, 0.2) is 40.9 Å². The molecule has 106 valence electrons. The molecule has 2 aromatic rings. The summed E-state index contributed by atoms with van der Waals surface area (Å²) in [5.74, 6) is -0.540. The summed E-state index contributed by atoms with van der Waals surface area (Å²) in [5, 5.41) is 3.36. The van der Waals surface area contributed by atoms with Crippen LogP contribution in [-0.2, 0) is 0 Å². The molecule has 1 atom stereocenters. The van der Waals surface area contributed by atoms with Crippen molar-refractivity contribution >= 4 is 15.9 Å². The van der Waals surface area contributed by atoms with Crippen LogP contribution in [0.3, 0.4) is 0 Å². The third-order valence-electron chi connectivity index (χ3n) is 3.23. The quantitative estimate of drug-likeness (QED) is 0.848. The third-order valence-corrected chi connectivity index (χ3v) is 3.84. The molecule has 1 N–H and O–H groups in total. The van der Waals surface area contributed by atoms with Crippen molar-refractivity contribution in [1.29, 1.82) is 0 Å². The second-order valence-electron chi connectivity index (χ2n) is 4.67. The van der Waals surface area contributed by atoms with E-state index in [-0.39, 0.29) is 17.7 Å². The largest absolute Gasteiger partial charge is 0.307 e. The fourth-order valence-electron chi connectivity index (χ4n) is 2.27. The highest BCUT2D eigenvalue weighted by Crippen LogP contribution is 2.28. The first-order valence-electron chi connectivity index (χ1n) is 6.47. The van der Waals surface area contributed by atoms with Gasteiger partial charge in [0.2, 0.25) is 0 Å². The predicted molar refractivity (Wildman–Crippen MR) is 80.8 cm³/mol. The molecule has 0 radical (unpaired) electrons. The molecular formula is C16H16BrF2N. The summed E-state index contributed by atoms with van der Waals surface area (Å²) >= 11 is 3.21. The maximum absolute atomic E-state index is 13.4. The second-order valence-corrected chi connectivity index (χ2v) is 5.52. The van der Waals surface area contributed by atoms with Gasteiger partial charge in [-0.3, -0.25) is 0 Å². The summed E-state index contributed by atoms with van der Waals surface area (Å²) in [4.78, 5) is 0. The molecule has 2 rings (SSSR count). The van der Waals surface area contributed by atoms with Crippen molar-refractivity contribution in [2.24, 2.45) is 0 Å². The first-order chi connectivity index (χ1) is 9.52. The van der Waals surface area contributed by atoms with Crippen LogP contribution in [0.2, 0.25) is 0 Å². The van der Waals surface area contributed by atoms with Crippen molar-refractivity contribution in [3.05, 3.63) is 69.2 Å². The van der Waals surface area contributed by atoms with Gasteiger partial charge in [-0.15, -0.1) is 0 Å². The van der Waals surface area contributed by atoms with Crippen LogP contribution < -0.4 is 5.32 Å². The zero-order chi connectivity index (χ0) is 14.7. The average molecular weight is 340 g/mol. The highest BCUT2D eigenvalue weighted by molar-refractivity contribution is 9.10. The van der Waals surface area contributed by atoms with Crippen molar-refractivity contribution in [3.63, 3.8) is 0 Å². The molecule has 0 aliphatic heterocycles. The Morgan fingerprint density at radius 2 is 1.90 bits per heavy atom. The summed E-state index contributed by atoms with van der Waals surface area (Å²) in [6, 6.07) is 9.58. The van der Waals surface area contributed by atoms with E-state index in [0.29, 0.717) is 4.47 Å². The van der Waals surface area contributed by atoms with Gasteiger partial charge in [-0.1, -0.05) is 19.1 Å². The molecule has 0 aliphatic rings. The number of rotatable bonds is 4. The lowest BCUT2D eigenvalue weighted by molar-refractivity contribution is 0.602. The van der Waals surface area contributed by atoms with Crippen LogP contribution in [0.1, 0.15) is 29.7 Å². The molecule has 0 heterocycles. The molecular weight excluding hydrogens is 324 g/mol. The van der Waals surface area contributed by atoms with Gasteiger partial charge >= 0.3 is 0 Å². The van der Waals surface area contributed by atoms with Crippen molar-refractivity contribution in [2.75, 3.05) is 6.54 Å². The Kier molecular flexibility index (Phi) is 4.89. The number of hydrogen-bond donors (Lipinski definition) is 1. The molecule has 20 heavy (non-hydrogen) atoms. The van der Waals surface area contributed by atoms with Gasteiger partial charge in [0.1, 0.15) is 11.6 Å². The van der Waals surface area contributed by atoms with E-state index in [2.05, 4.69) is 21.2 Å². The third kappa shape index (κ3) is 3.25. The molecule has 0 saturated carbocycles. The normalized spacial score (nSPS) is 12.4. The maximum atomic E-state index is 13.4. The van der Waals surface area contributed by atoms with Crippen molar-refractivity contribution in [3.8, 4) is 0 Å². The van der Waals surface area contributed by atoms with E-state index in [1.54, 1.807) is 18.2 Å². The Morgan fingerprint density at radius 1 is 1.15 bits per heavy atom. The maximum Gasteiger partial charge on any atom is 0.137 e. The Hall–Kier alpha value is -1.26. The highest BCUT2D eigenvalue weighted by atomic mass is 79.9. The molecule has 1 unspecified atom stereocenters. The summed E-state index contributed by atoms with van der Waals surface area (Å²) in [6.45, 7) is 4.64. The van der Waals surface area contributed by atoms with Crippen LogP contribution in [0.25, 0.3) is 0 Å². The van der Waals surface area contributed by atoms with Crippen LogP contribution >= 0.6 is 15.9 Å². The molecule has 0 spiro atoms. The van der Waals surface area contributed by atoms with E-state index in [4.69, 9.17) is 0 Å². The highest BCUT2D eigenvalue weighted by Gasteiger charge is 2.16. The van der Waals surface area contributed by atoms with Gasteiger partial charge in [0.05, 0.1) is 10.5 Å². The second kappa shape index (κ2) is 6.46. The van der Waals surface area contributed by atoms with E-state index >= 15 is 0 Å². The fraction of sp³-hybridized carbons (Fsp3) is 0.250. The molecule has 0 bridgehead atoms. The van der Waals surface area contributed by atoms with E-state index in [1.807, 2.05) is 13.8 Å². The lowest BCUT2D eigenvalue weighted by Crippen LogP contribution is -2.23. The van der Waals surface area contributed by atoms with Gasteiger partial charge in [0.15, 0.2) is 0 Å².